The highest BCUT2D eigenvalue weighted by molar-refractivity contribution is 8.00. The molecule has 1 heterocycles. The van der Waals surface area contributed by atoms with E-state index in [2.05, 4.69) is 33.8 Å². The summed E-state index contributed by atoms with van der Waals surface area (Å²) in [5.74, 6) is 1.04. The number of Topliss-reactive ketones (excluding diaryl/α,β-unsaturated/α-hetero) is 1. The smallest absolute Gasteiger partial charge is 0.191 e. The van der Waals surface area contributed by atoms with Gasteiger partial charge in [0.2, 0.25) is 0 Å². The molecule has 5 heteroatoms. The molecule has 0 aliphatic carbocycles. The average Bonchev–Trinajstić information content (AvgIpc) is 3.03. The van der Waals surface area contributed by atoms with Crippen LogP contribution in [0.1, 0.15) is 35.6 Å². The Morgan fingerprint density at radius 3 is 2.32 bits per heavy atom. The second kappa shape index (κ2) is 8.12. The summed E-state index contributed by atoms with van der Waals surface area (Å²) in [6.07, 6.45) is 0.739. The topological polar surface area (TPSA) is 47.8 Å². The molecule has 0 saturated carbocycles. The molecule has 25 heavy (non-hydrogen) atoms. The van der Waals surface area contributed by atoms with Crippen LogP contribution in [0.15, 0.2) is 65.8 Å². The van der Waals surface area contributed by atoms with Crippen molar-refractivity contribution in [3.8, 4) is 0 Å². The zero-order valence-electron chi connectivity index (χ0n) is 14.4. The number of aromatic nitrogens is 3. The van der Waals surface area contributed by atoms with Gasteiger partial charge in [0, 0.05) is 18.5 Å². The number of benzene rings is 2. The molecule has 2 aromatic carbocycles. The van der Waals surface area contributed by atoms with Crippen LogP contribution < -0.4 is 0 Å². The number of carbonyl (C=O) groups is 1. The Bertz CT molecular complexity index is 831. The molecule has 0 radical (unpaired) electrons. The monoisotopic (exact) mass is 351 g/mol. The Kier molecular flexibility index (Phi) is 5.66. The molecule has 3 rings (SSSR count). The molecule has 0 saturated heterocycles. The van der Waals surface area contributed by atoms with Crippen molar-refractivity contribution >= 4 is 17.5 Å². The van der Waals surface area contributed by atoms with Gasteiger partial charge in [-0.2, -0.15) is 0 Å². The maximum absolute atomic E-state index is 12.6. The molecule has 3 aromatic rings. The first kappa shape index (κ1) is 17.4. The number of thioether (sulfide) groups is 1. The first-order valence-corrected chi connectivity index (χ1v) is 9.29. The van der Waals surface area contributed by atoms with Crippen LogP contribution in [-0.2, 0) is 13.0 Å². The summed E-state index contributed by atoms with van der Waals surface area (Å²) >= 11 is 1.47. The number of hydrogen-bond donors (Lipinski definition) is 0. The molecule has 1 atom stereocenters. The predicted molar refractivity (Wildman–Crippen MR) is 101 cm³/mol. The highest BCUT2D eigenvalue weighted by atomic mass is 32.2. The van der Waals surface area contributed by atoms with Crippen LogP contribution in [0.3, 0.4) is 0 Å². The van der Waals surface area contributed by atoms with Crippen molar-refractivity contribution in [2.75, 3.05) is 0 Å². The Morgan fingerprint density at radius 2 is 1.68 bits per heavy atom. The summed E-state index contributed by atoms with van der Waals surface area (Å²) in [4.78, 5) is 12.6. The minimum Gasteiger partial charge on any atom is -0.306 e. The molecule has 0 fully saturated rings. The quantitative estimate of drug-likeness (QED) is 0.471. The van der Waals surface area contributed by atoms with Gasteiger partial charge in [-0.25, -0.2) is 0 Å². The van der Waals surface area contributed by atoms with Crippen molar-refractivity contribution < 1.29 is 4.79 Å². The van der Waals surface area contributed by atoms with Gasteiger partial charge in [0.15, 0.2) is 10.9 Å². The number of hydrogen-bond acceptors (Lipinski definition) is 4. The maximum atomic E-state index is 12.6. The van der Waals surface area contributed by atoms with E-state index >= 15 is 0 Å². The second-order valence-corrected chi connectivity index (χ2v) is 7.10. The molecule has 128 valence electrons. The van der Waals surface area contributed by atoms with Gasteiger partial charge < -0.3 is 4.57 Å². The first-order chi connectivity index (χ1) is 12.2. The van der Waals surface area contributed by atoms with Crippen molar-refractivity contribution in [2.24, 2.45) is 0 Å². The van der Waals surface area contributed by atoms with Gasteiger partial charge in [-0.3, -0.25) is 4.79 Å². The molecule has 1 aromatic heterocycles. The van der Waals surface area contributed by atoms with E-state index in [-0.39, 0.29) is 11.0 Å². The van der Waals surface area contributed by atoms with E-state index in [4.69, 9.17) is 0 Å². The van der Waals surface area contributed by atoms with Crippen molar-refractivity contribution in [1.29, 1.82) is 0 Å². The van der Waals surface area contributed by atoms with Crippen LogP contribution in [0.2, 0.25) is 0 Å². The molecule has 0 N–H and O–H groups in total. The first-order valence-electron chi connectivity index (χ1n) is 8.41. The van der Waals surface area contributed by atoms with E-state index in [9.17, 15) is 4.79 Å². The lowest BCUT2D eigenvalue weighted by Crippen LogP contribution is -2.15. The van der Waals surface area contributed by atoms with Crippen molar-refractivity contribution in [2.45, 2.75) is 37.2 Å². The lowest BCUT2D eigenvalue weighted by atomic mass is 10.1. The Balaban J connectivity index is 1.75. The summed E-state index contributed by atoms with van der Waals surface area (Å²) in [6, 6.07) is 19.6. The lowest BCUT2D eigenvalue weighted by molar-refractivity contribution is 0.0994. The summed E-state index contributed by atoms with van der Waals surface area (Å²) in [5.41, 5.74) is 1.93. The van der Waals surface area contributed by atoms with Gasteiger partial charge in [0.05, 0.1) is 5.25 Å². The van der Waals surface area contributed by atoms with Crippen LogP contribution >= 0.6 is 11.8 Å². The second-order valence-electron chi connectivity index (χ2n) is 5.80. The highest BCUT2D eigenvalue weighted by Gasteiger charge is 2.20. The zero-order valence-corrected chi connectivity index (χ0v) is 15.2. The summed E-state index contributed by atoms with van der Waals surface area (Å²) in [6.45, 7) is 4.78. The van der Waals surface area contributed by atoms with Crippen LogP contribution in [0, 0.1) is 0 Å². The van der Waals surface area contributed by atoms with Crippen LogP contribution in [0.25, 0.3) is 0 Å². The third kappa shape index (κ3) is 4.17. The van der Waals surface area contributed by atoms with E-state index in [0.29, 0.717) is 0 Å². The molecule has 1 unspecified atom stereocenters. The van der Waals surface area contributed by atoms with Gasteiger partial charge in [-0.05, 0) is 19.4 Å². The highest BCUT2D eigenvalue weighted by Crippen LogP contribution is 2.25. The molecule has 0 amide bonds. The molecule has 4 nitrogen and oxygen atoms in total. The van der Waals surface area contributed by atoms with Crippen molar-refractivity contribution in [3.05, 3.63) is 77.6 Å². The average molecular weight is 351 g/mol. The molecular weight excluding hydrogens is 330 g/mol. The van der Waals surface area contributed by atoms with E-state index in [1.54, 1.807) is 0 Å². The SMILES string of the molecule is CCn1c(Cc2ccccc2)nnc1SC(C)C(=O)c1ccccc1. The van der Waals surface area contributed by atoms with Gasteiger partial charge in [-0.15, -0.1) is 10.2 Å². The van der Waals surface area contributed by atoms with E-state index in [1.165, 1.54) is 17.3 Å². The molecule has 0 aliphatic rings. The summed E-state index contributed by atoms with van der Waals surface area (Å²) in [5, 5.41) is 9.26. The summed E-state index contributed by atoms with van der Waals surface area (Å²) < 4.78 is 2.09. The minimum atomic E-state index is -0.207. The zero-order chi connectivity index (χ0) is 17.6. The fourth-order valence-electron chi connectivity index (χ4n) is 2.68. The standard InChI is InChI=1S/C20H21N3OS/c1-3-23-18(14-16-10-6-4-7-11-16)21-22-20(23)25-15(2)19(24)17-12-8-5-9-13-17/h4-13,15H,3,14H2,1-2H3. The van der Waals surface area contributed by atoms with E-state index < -0.39 is 0 Å². The fourth-order valence-corrected chi connectivity index (χ4v) is 3.69. The van der Waals surface area contributed by atoms with Gasteiger partial charge in [-0.1, -0.05) is 72.4 Å². The number of nitrogens with zero attached hydrogens (tertiary/aromatic N) is 3. The number of rotatable bonds is 7. The molecule has 0 aliphatic heterocycles. The predicted octanol–water partition coefficient (Wildman–Crippen LogP) is 4.25. The Labute approximate surface area is 152 Å². The van der Waals surface area contributed by atoms with E-state index in [1.807, 2.05) is 55.5 Å². The van der Waals surface area contributed by atoms with Crippen LogP contribution in [-0.4, -0.2) is 25.8 Å². The van der Waals surface area contributed by atoms with Gasteiger partial charge in [0.1, 0.15) is 5.82 Å². The largest absolute Gasteiger partial charge is 0.306 e. The Hall–Kier alpha value is -2.40. The number of carbonyl (C=O) groups excluding carboxylic acids is 1. The van der Waals surface area contributed by atoms with E-state index in [0.717, 1.165) is 29.5 Å². The third-order valence-corrected chi connectivity index (χ3v) is 5.10. The third-order valence-electron chi connectivity index (χ3n) is 4.02. The molecule has 0 spiro atoms. The van der Waals surface area contributed by atoms with Crippen molar-refractivity contribution in [1.82, 2.24) is 14.8 Å². The minimum absolute atomic E-state index is 0.112. The van der Waals surface area contributed by atoms with Crippen molar-refractivity contribution in [3.63, 3.8) is 0 Å². The normalized spacial score (nSPS) is 12.1. The maximum Gasteiger partial charge on any atom is 0.191 e. The van der Waals surface area contributed by atoms with Gasteiger partial charge in [0.25, 0.3) is 0 Å². The van der Waals surface area contributed by atoms with Crippen LogP contribution in [0.4, 0.5) is 0 Å². The number of ketones is 1. The molecular formula is C20H21N3OS. The Morgan fingerprint density at radius 1 is 1.04 bits per heavy atom. The molecule has 0 bridgehead atoms. The summed E-state index contributed by atoms with van der Waals surface area (Å²) in [7, 11) is 0. The fraction of sp³-hybridized carbons (Fsp3) is 0.250. The van der Waals surface area contributed by atoms with Gasteiger partial charge >= 0.3 is 0 Å². The lowest BCUT2D eigenvalue weighted by Gasteiger charge is -2.11. The van der Waals surface area contributed by atoms with Crippen LogP contribution in [0.5, 0.6) is 0 Å².